The second kappa shape index (κ2) is 8.20. The van der Waals surface area contributed by atoms with E-state index in [9.17, 15) is 12.8 Å². The molecule has 1 fully saturated rings. The standard InChI is InChI=1S/C18H22FN3O4S/c1-13(14-3-5-17(25-2)16(19)11-14)21-18-6-4-15(12-20-18)27(23,24)22-7-9-26-10-8-22/h3-6,11-13H,7-10H2,1-2H3,(H,20,21)/t13-/m0/s1. The van der Waals surface area contributed by atoms with Crippen molar-refractivity contribution in [2.75, 3.05) is 38.7 Å². The Morgan fingerprint density at radius 2 is 2.00 bits per heavy atom. The Balaban J connectivity index is 1.71. The molecule has 1 aromatic carbocycles. The van der Waals surface area contributed by atoms with Crippen molar-refractivity contribution in [3.63, 3.8) is 0 Å². The van der Waals surface area contributed by atoms with E-state index in [-0.39, 0.29) is 16.7 Å². The number of nitrogens with one attached hydrogen (secondary N) is 1. The van der Waals surface area contributed by atoms with Gasteiger partial charge in [0.1, 0.15) is 10.7 Å². The highest BCUT2D eigenvalue weighted by Crippen LogP contribution is 2.24. The van der Waals surface area contributed by atoms with Crippen molar-refractivity contribution in [2.45, 2.75) is 17.9 Å². The van der Waals surface area contributed by atoms with Gasteiger partial charge in [-0.05, 0) is 36.8 Å². The fourth-order valence-corrected chi connectivity index (χ4v) is 4.17. The number of methoxy groups -OCH3 is 1. The minimum Gasteiger partial charge on any atom is -0.494 e. The number of sulfonamides is 1. The number of morpholine rings is 1. The summed E-state index contributed by atoms with van der Waals surface area (Å²) in [5, 5.41) is 3.13. The maximum Gasteiger partial charge on any atom is 0.244 e. The summed E-state index contributed by atoms with van der Waals surface area (Å²) in [6.07, 6.45) is 1.33. The summed E-state index contributed by atoms with van der Waals surface area (Å²) in [6.45, 7) is 3.32. The Bertz CT molecular complexity index is 884. The van der Waals surface area contributed by atoms with Crippen LogP contribution in [0, 0.1) is 5.82 Å². The van der Waals surface area contributed by atoms with Gasteiger partial charge >= 0.3 is 0 Å². The highest BCUT2D eigenvalue weighted by atomic mass is 32.2. The zero-order valence-corrected chi connectivity index (χ0v) is 16.0. The molecular weight excluding hydrogens is 373 g/mol. The number of nitrogens with zero attached hydrogens (tertiary/aromatic N) is 2. The minimum absolute atomic E-state index is 0.137. The number of benzene rings is 1. The molecule has 1 saturated heterocycles. The molecule has 0 amide bonds. The van der Waals surface area contributed by atoms with Gasteiger partial charge in [0.15, 0.2) is 11.6 Å². The van der Waals surface area contributed by atoms with Gasteiger partial charge in [-0.15, -0.1) is 0 Å². The van der Waals surface area contributed by atoms with Gasteiger partial charge in [-0.2, -0.15) is 4.31 Å². The lowest BCUT2D eigenvalue weighted by Gasteiger charge is -2.26. The third-order valence-corrected chi connectivity index (χ3v) is 6.27. The fraction of sp³-hybridized carbons (Fsp3) is 0.389. The number of halogens is 1. The number of hydrogen-bond donors (Lipinski definition) is 1. The van der Waals surface area contributed by atoms with Gasteiger partial charge in [-0.3, -0.25) is 0 Å². The van der Waals surface area contributed by atoms with Crippen molar-refractivity contribution in [2.24, 2.45) is 0 Å². The van der Waals surface area contributed by atoms with Crippen molar-refractivity contribution in [1.82, 2.24) is 9.29 Å². The Hall–Kier alpha value is -2.23. The topological polar surface area (TPSA) is 80.8 Å². The molecule has 7 nitrogen and oxygen atoms in total. The Labute approximate surface area is 158 Å². The lowest BCUT2D eigenvalue weighted by Crippen LogP contribution is -2.40. The van der Waals surface area contributed by atoms with Crippen molar-refractivity contribution in [1.29, 1.82) is 0 Å². The largest absolute Gasteiger partial charge is 0.494 e. The lowest BCUT2D eigenvalue weighted by molar-refractivity contribution is 0.0730. The predicted molar refractivity (Wildman–Crippen MR) is 98.8 cm³/mol. The van der Waals surface area contributed by atoms with E-state index in [1.807, 2.05) is 6.92 Å². The van der Waals surface area contributed by atoms with Crippen LogP contribution in [-0.2, 0) is 14.8 Å². The number of ether oxygens (including phenoxy) is 2. The first kappa shape index (κ1) is 19.5. The third kappa shape index (κ3) is 4.37. The van der Waals surface area contributed by atoms with Crippen LogP contribution in [0.4, 0.5) is 10.2 Å². The molecule has 0 unspecified atom stereocenters. The average molecular weight is 395 g/mol. The summed E-state index contributed by atoms with van der Waals surface area (Å²) in [5.74, 6) is 0.241. The van der Waals surface area contributed by atoms with Crippen molar-refractivity contribution < 1.29 is 22.3 Å². The monoisotopic (exact) mass is 395 g/mol. The quantitative estimate of drug-likeness (QED) is 0.809. The van der Waals surface area contributed by atoms with Crippen molar-refractivity contribution >= 4 is 15.8 Å². The molecule has 0 radical (unpaired) electrons. The molecule has 1 aromatic heterocycles. The average Bonchev–Trinajstić information content (AvgIpc) is 2.69. The predicted octanol–water partition coefficient (Wildman–Crippen LogP) is 2.42. The van der Waals surface area contributed by atoms with E-state index in [1.54, 1.807) is 18.2 Å². The van der Waals surface area contributed by atoms with Gasteiger partial charge in [0, 0.05) is 19.3 Å². The minimum atomic E-state index is -3.57. The molecule has 1 aliphatic rings. The van der Waals surface area contributed by atoms with Gasteiger partial charge in [-0.1, -0.05) is 6.07 Å². The van der Waals surface area contributed by atoms with Crippen LogP contribution in [0.2, 0.25) is 0 Å². The Morgan fingerprint density at radius 3 is 2.59 bits per heavy atom. The van der Waals surface area contributed by atoms with Gasteiger partial charge in [0.2, 0.25) is 10.0 Å². The van der Waals surface area contributed by atoms with E-state index in [2.05, 4.69) is 10.3 Å². The van der Waals surface area contributed by atoms with Gasteiger partial charge in [0.25, 0.3) is 0 Å². The van der Waals surface area contributed by atoms with Gasteiger partial charge in [0.05, 0.1) is 26.4 Å². The van der Waals surface area contributed by atoms with Crippen molar-refractivity contribution in [3.05, 3.63) is 47.9 Å². The van der Waals surface area contributed by atoms with E-state index in [1.165, 1.54) is 29.7 Å². The van der Waals surface area contributed by atoms with Crippen LogP contribution in [0.25, 0.3) is 0 Å². The Kier molecular flexibility index (Phi) is 5.93. The molecule has 1 N–H and O–H groups in total. The van der Waals surface area contributed by atoms with E-state index >= 15 is 0 Å². The van der Waals surface area contributed by atoms with E-state index in [0.717, 1.165) is 5.56 Å². The molecule has 0 bridgehead atoms. The maximum absolute atomic E-state index is 13.9. The molecule has 27 heavy (non-hydrogen) atoms. The summed E-state index contributed by atoms with van der Waals surface area (Å²) < 4.78 is 50.6. The fourth-order valence-electron chi connectivity index (χ4n) is 2.81. The molecule has 1 atom stereocenters. The number of pyridine rings is 1. The molecule has 9 heteroatoms. The smallest absolute Gasteiger partial charge is 0.244 e. The number of anilines is 1. The van der Waals surface area contributed by atoms with Crippen LogP contribution in [0.15, 0.2) is 41.4 Å². The second-order valence-electron chi connectivity index (χ2n) is 6.16. The van der Waals surface area contributed by atoms with Gasteiger partial charge < -0.3 is 14.8 Å². The number of hydrogen-bond acceptors (Lipinski definition) is 6. The molecule has 1 aliphatic heterocycles. The Morgan fingerprint density at radius 1 is 1.26 bits per heavy atom. The highest BCUT2D eigenvalue weighted by molar-refractivity contribution is 7.89. The first-order chi connectivity index (χ1) is 12.9. The molecule has 2 aromatic rings. The van der Waals surface area contributed by atoms with Crippen LogP contribution in [0.5, 0.6) is 5.75 Å². The number of rotatable bonds is 6. The van der Waals surface area contributed by atoms with Crippen LogP contribution in [0.3, 0.4) is 0 Å². The second-order valence-corrected chi connectivity index (χ2v) is 8.09. The summed E-state index contributed by atoms with van der Waals surface area (Å²) in [4.78, 5) is 4.33. The third-order valence-electron chi connectivity index (χ3n) is 4.38. The van der Waals surface area contributed by atoms with Gasteiger partial charge in [-0.25, -0.2) is 17.8 Å². The normalized spacial score (nSPS) is 16.7. The SMILES string of the molecule is COc1ccc([C@H](C)Nc2ccc(S(=O)(=O)N3CCOCC3)cn2)cc1F. The first-order valence-corrected chi connectivity index (χ1v) is 10.00. The molecule has 3 rings (SSSR count). The van der Waals surface area contributed by atoms with Crippen LogP contribution in [0.1, 0.15) is 18.5 Å². The lowest BCUT2D eigenvalue weighted by atomic mass is 10.1. The maximum atomic E-state index is 13.9. The molecule has 0 saturated carbocycles. The number of aromatic nitrogens is 1. The molecular formula is C18H22FN3O4S. The first-order valence-electron chi connectivity index (χ1n) is 8.56. The van der Waals surface area contributed by atoms with E-state index < -0.39 is 15.8 Å². The summed E-state index contributed by atoms with van der Waals surface area (Å²) in [5.41, 5.74) is 0.722. The molecule has 0 spiro atoms. The van der Waals surface area contributed by atoms with Crippen LogP contribution in [-0.4, -0.2) is 51.1 Å². The van der Waals surface area contributed by atoms with Crippen molar-refractivity contribution in [3.8, 4) is 5.75 Å². The molecule has 0 aliphatic carbocycles. The zero-order chi connectivity index (χ0) is 19.4. The summed E-state index contributed by atoms with van der Waals surface area (Å²) in [6, 6.07) is 7.61. The summed E-state index contributed by atoms with van der Waals surface area (Å²) in [7, 11) is -2.16. The van der Waals surface area contributed by atoms with Crippen LogP contribution < -0.4 is 10.1 Å². The zero-order valence-electron chi connectivity index (χ0n) is 15.2. The molecule has 2 heterocycles. The summed E-state index contributed by atoms with van der Waals surface area (Å²) >= 11 is 0. The van der Waals surface area contributed by atoms with E-state index in [4.69, 9.17) is 9.47 Å². The van der Waals surface area contributed by atoms with Crippen LogP contribution >= 0.6 is 0 Å². The molecule has 146 valence electrons. The highest BCUT2D eigenvalue weighted by Gasteiger charge is 2.26. The van der Waals surface area contributed by atoms with E-state index in [0.29, 0.717) is 32.1 Å².